The average molecular weight is 378 g/mol. The highest BCUT2D eigenvalue weighted by Crippen LogP contribution is 2.30. The molecule has 1 heterocycles. The minimum absolute atomic E-state index is 0.340. The normalized spacial score (nSPS) is 13.0. The number of halogens is 1. The first kappa shape index (κ1) is 18.0. The predicted molar refractivity (Wildman–Crippen MR) is 92.9 cm³/mol. The summed E-state index contributed by atoms with van der Waals surface area (Å²) in [6.07, 6.45) is 3.87. The molecule has 9 heteroatoms. The first-order valence-corrected chi connectivity index (χ1v) is 8.84. The number of ether oxygens (including phenoxy) is 1. The molecule has 0 fully saturated rings. The summed E-state index contributed by atoms with van der Waals surface area (Å²) in [6, 6.07) is 2.78. The van der Waals surface area contributed by atoms with Gasteiger partial charge >= 0.3 is 5.97 Å². The van der Waals surface area contributed by atoms with Crippen molar-refractivity contribution >= 4 is 34.6 Å². The molecule has 7 nitrogen and oxygen atoms in total. The summed E-state index contributed by atoms with van der Waals surface area (Å²) in [7, 11) is 0. The van der Waals surface area contributed by atoms with E-state index < -0.39 is 29.2 Å². The lowest BCUT2D eigenvalue weighted by Crippen LogP contribution is -2.22. The molecule has 1 amide bonds. The summed E-state index contributed by atoms with van der Waals surface area (Å²) in [5.74, 6) is -2.19. The van der Waals surface area contributed by atoms with Gasteiger partial charge in [0, 0.05) is 22.4 Å². The van der Waals surface area contributed by atoms with Crippen LogP contribution in [-0.2, 0) is 22.4 Å². The zero-order chi connectivity index (χ0) is 18.7. The van der Waals surface area contributed by atoms with Crippen LogP contribution in [-0.4, -0.2) is 23.4 Å². The number of nitrogens with one attached hydrogen (secondary N) is 1. The van der Waals surface area contributed by atoms with Gasteiger partial charge in [-0.05, 0) is 37.3 Å². The molecule has 1 aromatic heterocycles. The van der Waals surface area contributed by atoms with E-state index in [-0.39, 0.29) is 11.4 Å². The number of non-ortho nitro benzene ring substituents is 1. The van der Waals surface area contributed by atoms with E-state index in [2.05, 4.69) is 5.32 Å². The number of anilines is 1. The van der Waals surface area contributed by atoms with E-state index in [4.69, 9.17) is 4.74 Å². The Morgan fingerprint density at radius 1 is 1.31 bits per heavy atom. The van der Waals surface area contributed by atoms with Crippen molar-refractivity contribution in [1.82, 2.24) is 0 Å². The van der Waals surface area contributed by atoms with Crippen molar-refractivity contribution < 1.29 is 23.6 Å². The lowest BCUT2D eigenvalue weighted by molar-refractivity contribution is -0.384. The van der Waals surface area contributed by atoms with E-state index in [9.17, 15) is 24.1 Å². The van der Waals surface area contributed by atoms with Crippen LogP contribution in [0, 0.1) is 15.9 Å². The predicted octanol–water partition coefficient (Wildman–Crippen LogP) is 3.47. The Kier molecular flexibility index (Phi) is 5.27. The quantitative estimate of drug-likeness (QED) is 0.488. The second kappa shape index (κ2) is 7.61. The molecule has 0 bridgehead atoms. The Labute approximate surface area is 151 Å². The third kappa shape index (κ3) is 3.88. The molecule has 0 spiro atoms. The van der Waals surface area contributed by atoms with Gasteiger partial charge in [0.2, 0.25) is 0 Å². The van der Waals surface area contributed by atoms with E-state index in [1.807, 2.05) is 0 Å². The highest BCUT2D eigenvalue weighted by atomic mass is 32.1. The number of fused-ring (bicyclic) bond motifs is 1. The molecule has 0 unspecified atom stereocenters. The Bertz CT molecular complexity index is 880. The Hall–Kier alpha value is -2.81. The molecule has 0 saturated carbocycles. The summed E-state index contributed by atoms with van der Waals surface area (Å²) < 4.78 is 18.7. The van der Waals surface area contributed by atoms with E-state index in [1.54, 1.807) is 5.38 Å². The maximum atomic E-state index is 13.7. The molecular weight excluding hydrogens is 363 g/mol. The van der Waals surface area contributed by atoms with Crippen LogP contribution < -0.4 is 5.32 Å². The lowest BCUT2D eigenvalue weighted by Gasteiger charge is -2.12. The van der Waals surface area contributed by atoms with Gasteiger partial charge < -0.3 is 10.1 Å². The van der Waals surface area contributed by atoms with Crippen molar-refractivity contribution in [2.24, 2.45) is 0 Å². The number of amides is 1. The van der Waals surface area contributed by atoms with E-state index in [1.165, 1.54) is 16.2 Å². The lowest BCUT2D eigenvalue weighted by atomic mass is 9.96. The van der Waals surface area contributed by atoms with E-state index >= 15 is 0 Å². The molecular formula is C17H15FN2O5S. The fraction of sp³-hybridized carbons (Fsp3) is 0.294. The molecule has 2 aromatic rings. The molecule has 1 N–H and O–H groups in total. The number of carbonyl (C=O) groups excluding carboxylic acids is 2. The first-order chi connectivity index (χ1) is 12.5. The van der Waals surface area contributed by atoms with E-state index in [0.717, 1.165) is 49.4 Å². The summed E-state index contributed by atoms with van der Waals surface area (Å²) in [5, 5.41) is 14.6. The van der Waals surface area contributed by atoms with Crippen molar-refractivity contribution in [2.45, 2.75) is 25.7 Å². The zero-order valence-corrected chi connectivity index (χ0v) is 14.4. The van der Waals surface area contributed by atoms with Gasteiger partial charge in [0.05, 0.1) is 16.2 Å². The summed E-state index contributed by atoms with van der Waals surface area (Å²) in [6.45, 7) is -0.606. The van der Waals surface area contributed by atoms with Crippen LogP contribution in [0.2, 0.25) is 0 Å². The smallest absolute Gasteiger partial charge is 0.339 e. The largest absolute Gasteiger partial charge is 0.452 e. The minimum Gasteiger partial charge on any atom is -0.452 e. The van der Waals surface area contributed by atoms with Crippen LogP contribution in [0.1, 0.15) is 33.6 Å². The number of hydrogen-bond acceptors (Lipinski definition) is 6. The van der Waals surface area contributed by atoms with Gasteiger partial charge in [-0.1, -0.05) is 0 Å². The number of hydrogen-bond donors (Lipinski definition) is 1. The number of esters is 1. The van der Waals surface area contributed by atoms with Crippen molar-refractivity contribution in [3.8, 4) is 0 Å². The van der Waals surface area contributed by atoms with E-state index in [0.29, 0.717) is 5.56 Å². The number of rotatable bonds is 5. The van der Waals surface area contributed by atoms with Gasteiger partial charge in [-0.25, -0.2) is 9.18 Å². The molecule has 1 aromatic carbocycles. The summed E-state index contributed by atoms with van der Waals surface area (Å²) in [5.41, 5.74) is 0.757. The Morgan fingerprint density at radius 2 is 2.08 bits per heavy atom. The van der Waals surface area contributed by atoms with Crippen LogP contribution in [0.25, 0.3) is 0 Å². The average Bonchev–Trinajstić information content (AvgIpc) is 3.05. The summed E-state index contributed by atoms with van der Waals surface area (Å²) >= 11 is 1.51. The standard InChI is InChI=1S/C17H15FN2O5S/c18-13-6-5-10(20(23)24)7-14(13)19-16(21)8-25-17(22)12-9-26-15-4-2-1-3-11(12)15/h5-7,9H,1-4,8H2,(H,19,21). The van der Waals surface area contributed by atoms with Crippen LogP contribution in [0.15, 0.2) is 23.6 Å². The van der Waals surface area contributed by atoms with Gasteiger partial charge in [0.1, 0.15) is 5.82 Å². The maximum absolute atomic E-state index is 13.7. The van der Waals surface area contributed by atoms with Gasteiger partial charge in [-0.3, -0.25) is 14.9 Å². The molecule has 1 aliphatic carbocycles. The first-order valence-electron chi connectivity index (χ1n) is 7.96. The number of nitro benzene ring substituents is 1. The van der Waals surface area contributed by atoms with Crippen LogP contribution in [0.5, 0.6) is 0 Å². The van der Waals surface area contributed by atoms with Crippen LogP contribution in [0.4, 0.5) is 15.8 Å². The van der Waals surface area contributed by atoms with Crippen molar-refractivity contribution in [1.29, 1.82) is 0 Å². The third-order valence-corrected chi connectivity index (χ3v) is 5.14. The number of thiophene rings is 1. The van der Waals surface area contributed by atoms with Crippen LogP contribution >= 0.6 is 11.3 Å². The number of carbonyl (C=O) groups is 2. The van der Waals surface area contributed by atoms with Gasteiger partial charge in [-0.15, -0.1) is 11.3 Å². The highest BCUT2D eigenvalue weighted by Gasteiger charge is 2.22. The molecule has 136 valence electrons. The minimum atomic E-state index is -0.817. The van der Waals surface area contributed by atoms with Crippen molar-refractivity contribution in [2.75, 3.05) is 11.9 Å². The topological polar surface area (TPSA) is 98.5 Å². The molecule has 0 radical (unpaired) electrons. The zero-order valence-electron chi connectivity index (χ0n) is 13.6. The Balaban J connectivity index is 1.61. The Morgan fingerprint density at radius 3 is 2.85 bits per heavy atom. The third-order valence-electron chi connectivity index (χ3n) is 4.05. The molecule has 1 aliphatic rings. The summed E-state index contributed by atoms with van der Waals surface area (Å²) in [4.78, 5) is 35.3. The molecule has 0 aliphatic heterocycles. The molecule has 0 saturated heterocycles. The van der Waals surface area contributed by atoms with Crippen molar-refractivity contribution in [3.63, 3.8) is 0 Å². The SMILES string of the molecule is O=C(COC(=O)c1csc2c1CCCC2)Nc1cc([N+](=O)[O-])ccc1F. The number of aryl methyl sites for hydroxylation is 1. The fourth-order valence-corrected chi connectivity index (χ4v) is 3.90. The van der Waals surface area contributed by atoms with Crippen molar-refractivity contribution in [3.05, 3.63) is 55.5 Å². The van der Waals surface area contributed by atoms with Gasteiger partial charge in [0.25, 0.3) is 11.6 Å². The molecule has 0 atom stereocenters. The molecule has 26 heavy (non-hydrogen) atoms. The maximum Gasteiger partial charge on any atom is 0.339 e. The number of nitrogens with zero attached hydrogens (tertiary/aromatic N) is 1. The molecule has 3 rings (SSSR count). The number of benzene rings is 1. The fourth-order valence-electron chi connectivity index (χ4n) is 2.78. The van der Waals surface area contributed by atoms with Crippen LogP contribution in [0.3, 0.4) is 0 Å². The highest BCUT2D eigenvalue weighted by molar-refractivity contribution is 7.10. The second-order valence-corrected chi connectivity index (χ2v) is 6.77. The van der Waals surface area contributed by atoms with Gasteiger partial charge in [-0.2, -0.15) is 0 Å². The number of nitro groups is 1. The monoisotopic (exact) mass is 378 g/mol. The van der Waals surface area contributed by atoms with Gasteiger partial charge in [0.15, 0.2) is 6.61 Å². The second-order valence-electron chi connectivity index (χ2n) is 5.80.